The van der Waals surface area contributed by atoms with Gasteiger partial charge in [-0.3, -0.25) is 0 Å². The Labute approximate surface area is 203 Å². The van der Waals surface area contributed by atoms with Gasteiger partial charge in [0.05, 0.1) is 20.4 Å². The van der Waals surface area contributed by atoms with E-state index in [1.54, 1.807) is 0 Å². The first-order valence-electron chi connectivity index (χ1n) is 11.6. The van der Waals surface area contributed by atoms with Crippen LogP contribution in [0.4, 0.5) is 0 Å². The second-order valence-corrected chi connectivity index (χ2v) is 14.1. The minimum absolute atomic E-state index is 0.416. The molecule has 2 aromatic heterocycles. The Morgan fingerprint density at radius 3 is 1.97 bits per heavy atom. The van der Waals surface area contributed by atoms with Crippen LogP contribution in [0.1, 0.15) is 51.5 Å². The lowest BCUT2D eigenvalue weighted by Crippen LogP contribution is -2.21. The monoisotopic (exact) mass is 493 g/mol. The van der Waals surface area contributed by atoms with Crippen LogP contribution in [0.3, 0.4) is 0 Å². The van der Waals surface area contributed by atoms with Gasteiger partial charge < -0.3 is 4.57 Å². The van der Waals surface area contributed by atoms with Crippen LogP contribution >= 0.6 is 43.3 Å². The van der Waals surface area contributed by atoms with Crippen molar-refractivity contribution in [2.45, 2.75) is 56.6 Å². The van der Waals surface area contributed by atoms with E-state index >= 15 is 0 Å². The lowest BCUT2D eigenvalue weighted by atomic mass is 9.89. The normalized spacial score (nSPS) is 22.4. The maximum absolute atomic E-state index is 3.13. The standard InChI is InChI=1S/C27H28NPS3/c1-27(29)14-6-8-18(9-7-15-27)28-19-10-2-3-11-21(19)30-24-17-26-25(16-20(24)28)31-22-12-4-5-13-23(22)32-26/h2-5,10-13,16-18H,6-9,14-15,29H2,1H3. The predicted octanol–water partition coefficient (Wildman–Crippen LogP) is 9.94. The molecule has 164 valence electrons. The summed E-state index contributed by atoms with van der Waals surface area (Å²) in [6.07, 6.45) is 7.75. The molecule has 32 heavy (non-hydrogen) atoms. The number of para-hydroxylation sites is 1. The molecule has 5 heteroatoms. The average Bonchev–Trinajstić information content (AvgIpc) is 2.77. The zero-order valence-corrected chi connectivity index (χ0v) is 21.9. The molecule has 1 saturated carbocycles. The molecule has 6 rings (SSSR count). The van der Waals surface area contributed by atoms with Crippen molar-refractivity contribution >= 4 is 82.5 Å². The summed E-state index contributed by atoms with van der Waals surface area (Å²) >= 11 is 5.80. The van der Waals surface area contributed by atoms with Crippen LogP contribution in [0.25, 0.3) is 39.2 Å². The molecule has 0 aliphatic heterocycles. The van der Waals surface area contributed by atoms with Gasteiger partial charge in [-0.25, -0.2) is 0 Å². The van der Waals surface area contributed by atoms with Gasteiger partial charge in [-0.15, -0.1) is 43.3 Å². The SMILES string of the molecule is CC1(P)CCCC(n2c3ccccc3sc3cc4sc5ccccc5sc4cc32)CCC1. The maximum Gasteiger partial charge on any atom is 0.0604 e. The largest absolute Gasteiger partial charge is 0.336 e. The Hall–Kier alpha value is -1.45. The van der Waals surface area contributed by atoms with Gasteiger partial charge in [-0.05, 0) is 67.2 Å². The van der Waals surface area contributed by atoms with Gasteiger partial charge in [0.1, 0.15) is 0 Å². The van der Waals surface area contributed by atoms with E-state index in [0.29, 0.717) is 11.2 Å². The van der Waals surface area contributed by atoms with Gasteiger partial charge in [-0.2, -0.15) is 0 Å². The predicted molar refractivity (Wildman–Crippen MR) is 151 cm³/mol. The first-order chi connectivity index (χ1) is 15.6. The summed E-state index contributed by atoms with van der Waals surface area (Å²) in [5.41, 5.74) is 2.82. The number of hydrogen-bond acceptors (Lipinski definition) is 3. The Balaban J connectivity index is 1.60. The minimum Gasteiger partial charge on any atom is -0.336 e. The lowest BCUT2D eigenvalue weighted by molar-refractivity contribution is 0.355. The third-order valence-electron chi connectivity index (χ3n) is 6.85. The quantitative estimate of drug-likeness (QED) is 0.162. The van der Waals surface area contributed by atoms with Crippen LogP contribution in [0.2, 0.25) is 0 Å². The van der Waals surface area contributed by atoms with E-state index in [1.807, 2.05) is 34.0 Å². The average molecular weight is 494 g/mol. The zero-order valence-electron chi connectivity index (χ0n) is 18.3. The van der Waals surface area contributed by atoms with Crippen LogP contribution in [0, 0.1) is 0 Å². The number of aromatic nitrogens is 1. The van der Waals surface area contributed by atoms with Crippen molar-refractivity contribution in [3.63, 3.8) is 0 Å². The molecule has 3 aromatic carbocycles. The summed E-state index contributed by atoms with van der Waals surface area (Å²) in [6, 6.07) is 23.3. The first kappa shape index (κ1) is 21.1. The fourth-order valence-electron chi connectivity index (χ4n) is 5.21. The van der Waals surface area contributed by atoms with Crippen molar-refractivity contribution in [3.8, 4) is 0 Å². The first-order valence-corrected chi connectivity index (χ1v) is 14.6. The highest BCUT2D eigenvalue weighted by Gasteiger charge is 2.24. The van der Waals surface area contributed by atoms with Crippen LogP contribution in [0.5, 0.6) is 0 Å². The van der Waals surface area contributed by atoms with Crippen molar-refractivity contribution in [1.29, 1.82) is 0 Å². The molecule has 0 radical (unpaired) electrons. The van der Waals surface area contributed by atoms with E-state index < -0.39 is 0 Å². The molecular weight excluding hydrogens is 465 g/mol. The van der Waals surface area contributed by atoms with Gasteiger partial charge in [0.25, 0.3) is 0 Å². The van der Waals surface area contributed by atoms with Gasteiger partial charge >= 0.3 is 0 Å². The molecule has 1 nitrogen and oxygen atoms in total. The molecule has 2 heterocycles. The van der Waals surface area contributed by atoms with Gasteiger partial charge in [0, 0.05) is 24.8 Å². The maximum atomic E-state index is 3.13. The zero-order chi connectivity index (χ0) is 21.7. The summed E-state index contributed by atoms with van der Waals surface area (Å²) in [4.78, 5) is 0. The van der Waals surface area contributed by atoms with E-state index in [4.69, 9.17) is 0 Å². The number of nitrogens with zero attached hydrogens (tertiary/aromatic N) is 1. The Morgan fingerprint density at radius 2 is 1.28 bits per heavy atom. The molecular formula is C27H28NPS3. The molecule has 0 saturated heterocycles. The second-order valence-electron chi connectivity index (χ2n) is 9.45. The molecule has 1 aliphatic carbocycles. The number of rotatable bonds is 1. The second kappa shape index (κ2) is 8.40. The molecule has 1 aliphatic rings. The molecule has 0 bridgehead atoms. The number of benzene rings is 3. The van der Waals surface area contributed by atoms with Crippen molar-refractivity contribution in [2.24, 2.45) is 0 Å². The van der Waals surface area contributed by atoms with Crippen LogP contribution in [0.15, 0.2) is 60.7 Å². The Kier molecular flexibility index (Phi) is 5.54. The fraction of sp³-hybridized carbons (Fsp3) is 0.333. The van der Waals surface area contributed by atoms with Crippen molar-refractivity contribution in [1.82, 2.24) is 4.57 Å². The van der Waals surface area contributed by atoms with E-state index in [-0.39, 0.29) is 0 Å². The molecule has 5 aromatic rings. The summed E-state index contributed by atoms with van der Waals surface area (Å²) in [5.74, 6) is 0. The van der Waals surface area contributed by atoms with E-state index in [2.05, 4.69) is 81.4 Å². The van der Waals surface area contributed by atoms with Crippen LogP contribution in [-0.4, -0.2) is 9.72 Å². The highest BCUT2D eigenvalue weighted by Crippen LogP contribution is 2.42. The molecule has 0 N–H and O–H groups in total. The highest BCUT2D eigenvalue weighted by molar-refractivity contribution is 7.36. The van der Waals surface area contributed by atoms with E-state index in [9.17, 15) is 0 Å². The third kappa shape index (κ3) is 3.90. The van der Waals surface area contributed by atoms with E-state index in [1.165, 1.54) is 77.8 Å². The minimum atomic E-state index is 0.416. The summed E-state index contributed by atoms with van der Waals surface area (Å²) in [7, 11) is 3.13. The molecule has 1 fully saturated rings. The summed E-state index contributed by atoms with van der Waals surface area (Å²) < 4.78 is 11.1. The topological polar surface area (TPSA) is 4.93 Å². The van der Waals surface area contributed by atoms with Crippen molar-refractivity contribution < 1.29 is 0 Å². The lowest BCUT2D eigenvalue weighted by Gasteiger charge is -2.32. The van der Waals surface area contributed by atoms with Gasteiger partial charge in [-0.1, -0.05) is 44.0 Å². The highest BCUT2D eigenvalue weighted by atomic mass is 32.1. The van der Waals surface area contributed by atoms with Crippen LogP contribution in [-0.2, 0) is 0 Å². The summed E-state index contributed by atoms with van der Waals surface area (Å²) in [6.45, 7) is 2.42. The fourth-order valence-corrected chi connectivity index (χ4v) is 9.06. The molecule has 0 spiro atoms. The smallest absolute Gasteiger partial charge is 0.0604 e. The number of fused-ring (bicyclic) bond motifs is 4. The Morgan fingerprint density at radius 1 is 0.719 bits per heavy atom. The van der Waals surface area contributed by atoms with Crippen molar-refractivity contribution in [3.05, 3.63) is 60.7 Å². The van der Waals surface area contributed by atoms with E-state index in [0.717, 1.165) is 0 Å². The third-order valence-corrected chi connectivity index (χ3v) is 11.1. The number of hydrogen-bond donors (Lipinski definition) is 0. The van der Waals surface area contributed by atoms with Gasteiger partial charge in [0.15, 0.2) is 0 Å². The van der Waals surface area contributed by atoms with Crippen LogP contribution < -0.4 is 0 Å². The summed E-state index contributed by atoms with van der Waals surface area (Å²) in [5, 5.41) is 0.416. The van der Waals surface area contributed by atoms with Gasteiger partial charge in [0.2, 0.25) is 0 Å². The Bertz CT molecular complexity index is 1470. The molecule has 0 amide bonds. The molecule has 1 unspecified atom stereocenters. The molecule has 1 atom stereocenters. The van der Waals surface area contributed by atoms with Crippen molar-refractivity contribution in [2.75, 3.05) is 0 Å².